The van der Waals surface area contributed by atoms with Crippen LogP contribution in [0, 0.1) is 5.92 Å². The van der Waals surface area contributed by atoms with Crippen LogP contribution in [0.4, 0.5) is 5.69 Å². The Kier molecular flexibility index (Phi) is 9.06. The van der Waals surface area contributed by atoms with Crippen LogP contribution in [0.25, 0.3) is 0 Å². The fourth-order valence-electron chi connectivity index (χ4n) is 4.01. The minimum absolute atomic E-state index is 0.105. The average molecular weight is 496 g/mol. The number of anilines is 1. The van der Waals surface area contributed by atoms with E-state index in [2.05, 4.69) is 22.4 Å². The van der Waals surface area contributed by atoms with Gasteiger partial charge in [-0.15, -0.1) is 0 Å². The Bertz CT molecular complexity index is 1040. The third-order valence-electron chi connectivity index (χ3n) is 6.05. The standard InChI is InChI=1S/C27H33N3O4S/c1-2-3-12-33-26(31)16-21-15-23-8-9-24(17-25(23)34-19-21)29-27(32)22-6-4-20(5-7-22)18-28-30-10-13-35-14-11-30/h4-9,17-18,21H,2-3,10-16,19H2,1H3,(H,29,32)/b28-18+. The normalized spacial score (nSPS) is 17.5. The van der Waals surface area contributed by atoms with Gasteiger partial charge in [-0.3, -0.25) is 14.6 Å². The smallest absolute Gasteiger partial charge is 0.306 e. The van der Waals surface area contributed by atoms with Crippen molar-refractivity contribution < 1.29 is 19.1 Å². The maximum absolute atomic E-state index is 12.7. The highest BCUT2D eigenvalue weighted by molar-refractivity contribution is 7.99. The Morgan fingerprint density at radius 3 is 2.77 bits per heavy atom. The van der Waals surface area contributed by atoms with Crippen molar-refractivity contribution in [2.45, 2.75) is 32.6 Å². The number of ether oxygens (including phenoxy) is 2. The van der Waals surface area contributed by atoms with Crippen molar-refractivity contribution in [3.8, 4) is 5.75 Å². The van der Waals surface area contributed by atoms with E-state index in [0.29, 0.717) is 30.9 Å². The van der Waals surface area contributed by atoms with E-state index in [0.717, 1.165) is 60.7 Å². The first-order valence-electron chi connectivity index (χ1n) is 12.3. The van der Waals surface area contributed by atoms with E-state index < -0.39 is 0 Å². The molecule has 0 radical (unpaired) electrons. The van der Waals surface area contributed by atoms with Crippen LogP contribution in [-0.4, -0.2) is 60.9 Å². The monoisotopic (exact) mass is 495 g/mol. The number of carbonyl (C=O) groups excluding carboxylic acids is 2. The predicted molar refractivity (Wildman–Crippen MR) is 141 cm³/mol. The Morgan fingerprint density at radius 2 is 2.00 bits per heavy atom. The molecule has 186 valence electrons. The van der Waals surface area contributed by atoms with Gasteiger partial charge in [0.15, 0.2) is 0 Å². The SMILES string of the molecule is CCCCOC(=O)CC1COc2cc(NC(=O)c3ccc(/C=N/N4CCSCC4)cc3)ccc2C1. The maximum Gasteiger partial charge on any atom is 0.306 e. The Balaban J connectivity index is 1.28. The molecule has 2 aromatic rings. The van der Waals surface area contributed by atoms with E-state index in [1.165, 1.54) is 0 Å². The van der Waals surface area contributed by atoms with Crippen LogP contribution < -0.4 is 10.1 Å². The van der Waals surface area contributed by atoms with Gasteiger partial charge in [-0.2, -0.15) is 16.9 Å². The van der Waals surface area contributed by atoms with E-state index >= 15 is 0 Å². The zero-order chi connectivity index (χ0) is 24.5. The second kappa shape index (κ2) is 12.6. The van der Waals surface area contributed by atoms with Gasteiger partial charge >= 0.3 is 5.97 Å². The first-order chi connectivity index (χ1) is 17.1. The van der Waals surface area contributed by atoms with Crippen molar-refractivity contribution in [2.24, 2.45) is 11.0 Å². The fraction of sp³-hybridized carbons (Fsp3) is 0.444. The largest absolute Gasteiger partial charge is 0.493 e. The summed E-state index contributed by atoms with van der Waals surface area (Å²) >= 11 is 1.95. The first-order valence-corrected chi connectivity index (χ1v) is 13.5. The molecule has 8 heteroatoms. The second-order valence-electron chi connectivity index (χ2n) is 8.87. The van der Waals surface area contributed by atoms with Crippen molar-refractivity contribution in [1.82, 2.24) is 5.01 Å². The van der Waals surface area contributed by atoms with Crippen LogP contribution in [0.15, 0.2) is 47.6 Å². The molecule has 2 aliphatic heterocycles. The molecular weight excluding hydrogens is 462 g/mol. The van der Waals surface area contributed by atoms with Gasteiger partial charge in [-0.25, -0.2) is 0 Å². The van der Waals surface area contributed by atoms with Gasteiger partial charge in [-0.1, -0.05) is 31.5 Å². The number of thioether (sulfide) groups is 1. The molecule has 7 nitrogen and oxygen atoms in total. The minimum atomic E-state index is -0.176. The number of nitrogens with one attached hydrogen (secondary N) is 1. The van der Waals surface area contributed by atoms with Crippen LogP contribution in [-0.2, 0) is 16.0 Å². The number of unbranched alkanes of at least 4 members (excludes halogenated alkanes) is 1. The molecule has 35 heavy (non-hydrogen) atoms. The number of hydrogen-bond donors (Lipinski definition) is 1. The number of rotatable bonds is 9. The highest BCUT2D eigenvalue weighted by Gasteiger charge is 2.23. The van der Waals surface area contributed by atoms with Crippen molar-refractivity contribution in [1.29, 1.82) is 0 Å². The molecule has 0 saturated carbocycles. The molecule has 4 rings (SSSR count). The molecule has 1 N–H and O–H groups in total. The first kappa shape index (κ1) is 25.1. The third-order valence-corrected chi connectivity index (χ3v) is 7.00. The summed E-state index contributed by atoms with van der Waals surface area (Å²) in [7, 11) is 0. The number of esters is 1. The Hall–Kier alpha value is -3.00. The lowest BCUT2D eigenvalue weighted by Crippen LogP contribution is -2.27. The second-order valence-corrected chi connectivity index (χ2v) is 10.1. The van der Waals surface area contributed by atoms with Crippen molar-refractivity contribution in [3.63, 3.8) is 0 Å². The molecule has 2 aliphatic rings. The van der Waals surface area contributed by atoms with Crippen LogP contribution in [0.1, 0.15) is 47.7 Å². The van der Waals surface area contributed by atoms with Crippen LogP contribution >= 0.6 is 11.8 Å². The third kappa shape index (κ3) is 7.49. The molecule has 0 aliphatic carbocycles. The number of fused-ring (bicyclic) bond motifs is 1. The fourth-order valence-corrected chi connectivity index (χ4v) is 4.89. The number of amides is 1. The van der Waals surface area contributed by atoms with Crippen LogP contribution in [0.2, 0.25) is 0 Å². The summed E-state index contributed by atoms with van der Waals surface area (Å²) in [6.45, 7) is 4.96. The summed E-state index contributed by atoms with van der Waals surface area (Å²) in [4.78, 5) is 24.7. The lowest BCUT2D eigenvalue weighted by molar-refractivity contribution is -0.145. The van der Waals surface area contributed by atoms with E-state index in [1.807, 2.05) is 60.4 Å². The molecule has 1 fully saturated rings. The minimum Gasteiger partial charge on any atom is -0.493 e. The predicted octanol–water partition coefficient (Wildman–Crippen LogP) is 4.61. The average Bonchev–Trinajstić information content (AvgIpc) is 2.88. The zero-order valence-electron chi connectivity index (χ0n) is 20.2. The van der Waals surface area contributed by atoms with Crippen LogP contribution in [0.5, 0.6) is 5.75 Å². The number of hydrogen-bond acceptors (Lipinski definition) is 7. The lowest BCUT2D eigenvalue weighted by Gasteiger charge is -2.25. The molecular formula is C27H33N3O4S. The molecule has 0 bridgehead atoms. The molecule has 2 heterocycles. The van der Waals surface area contributed by atoms with Gasteiger partial charge in [0.1, 0.15) is 5.75 Å². The van der Waals surface area contributed by atoms with Crippen LogP contribution in [0.3, 0.4) is 0 Å². The summed E-state index contributed by atoms with van der Waals surface area (Å²) in [5, 5.41) is 9.56. The number of hydrazone groups is 1. The van der Waals surface area contributed by atoms with Crippen molar-refractivity contribution >= 4 is 35.5 Å². The quantitative estimate of drug-likeness (QED) is 0.311. The van der Waals surface area contributed by atoms with Crippen molar-refractivity contribution in [3.05, 3.63) is 59.2 Å². The van der Waals surface area contributed by atoms with Gasteiger partial charge in [0, 0.05) is 47.8 Å². The van der Waals surface area contributed by atoms with Gasteiger partial charge in [0.2, 0.25) is 0 Å². The molecule has 2 aromatic carbocycles. The van der Waals surface area contributed by atoms with E-state index in [-0.39, 0.29) is 17.8 Å². The summed E-state index contributed by atoms with van der Waals surface area (Å²) in [6, 6.07) is 13.1. The van der Waals surface area contributed by atoms with E-state index in [4.69, 9.17) is 9.47 Å². The number of nitrogens with zero attached hydrogens (tertiary/aromatic N) is 2. The van der Waals surface area contributed by atoms with Crippen molar-refractivity contribution in [2.75, 3.05) is 43.1 Å². The molecule has 0 aromatic heterocycles. The highest BCUT2D eigenvalue weighted by Crippen LogP contribution is 2.31. The maximum atomic E-state index is 12.7. The topological polar surface area (TPSA) is 80.2 Å². The molecule has 1 unspecified atom stereocenters. The van der Waals surface area contributed by atoms with Gasteiger partial charge in [-0.05, 0) is 42.2 Å². The van der Waals surface area contributed by atoms with Gasteiger partial charge in [0.25, 0.3) is 5.91 Å². The van der Waals surface area contributed by atoms with Gasteiger partial charge < -0.3 is 14.8 Å². The highest BCUT2D eigenvalue weighted by atomic mass is 32.2. The zero-order valence-corrected chi connectivity index (χ0v) is 21.0. The summed E-state index contributed by atoms with van der Waals surface area (Å²) in [5.41, 5.74) is 3.26. The lowest BCUT2D eigenvalue weighted by atomic mass is 9.94. The molecule has 1 amide bonds. The number of carbonyl (C=O) groups is 2. The Labute approximate surface area is 211 Å². The molecule has 0 spiro atoms. The summed E-state index contributed by atoms with van der Waals surface area (Å²) in [5.74, 6) is 2.73. The molecule has 1 saturated heterocycles. The summed E-state index contributed by atoms with van der Waals surface area (Å²) < 4.78 is 11.2. The van der Waals surface area contributed by atoms with E-state index in [9.17, 15) is 9.59 Å². The summed E-state index contributed by atoms with van der Waals surface area (Å²) in [6.07, 6.45) is 4.85. The number of benzene rings is 2. The molecule has 1 atom stereocenters. The van der Waals surface area contributed by atoms with Gasteiger partial charge in [0.05, 0.1) is 25.8 Å². The van der Waals surface area contributed by atoms with E-state index in [1.54, 1.807) is 0 Å². The Morgan fingerprint density at radius 1 is 1.20 bits per heavy atom.